The Labute approximate surface area is 115 Å². The molecule has 0 saturated carbocycles. The standard InChI is InChI=1S/C16H23NO2/c1-11(10-18)9-17-16(19)6-5-15-8-13(3)12(2)7-14(15)4/h5-8,11,18H,9-10H2,1-4H3,(H,17,19)/b6-5+. The van der Waals surface area contributed by atoms with Gasteiger partial charge in [0.25, 0.3) is 0 Å². The molecule has 1 amide bonds. The third-order valence-electron chi connectivity index (χ3n) is 3.23. The number of carbonyl (C=O) groups excluding carboxylic acids is 1. The van der Waals surface area contributed by atoms with E-state index in [1.165, 1.54) is 11.1 Å². The van der Waals surface area contributed by atoms with Gasteiger partial charge in [0.15, 0.2) is 0 Å². The number of aryl methyl sites for hydroxylation is 3. The molecular weight excluding hydrogens is 238 g/mol. The summed E-state index contributed by atoms with van der Waals surface area (Å²) >= 11 is 0. The van der Waals surface area contributed by atoms with E-state index in [4.69, 9.17) is 5.11 Å². The van der Waals surface area contributed by atoms with E-state index < -0.39 is 0 Å². The fourth-order valence-corrected chi connectivity index (χ4v) is 1.73. The molecule has 1 rings (SSSR count). The number of nitrogens with one attached hydrogen (secondary N) is 1. The second-order valence-corrected chi connectivity index (χ2v) is 5.16. The molecule has 1 aromatic carbocycles. The van der Waals surface area contributed by atoms with Crippen LogP contribution >= 0.6 is 0 Å². The van der Waals surface area contributed by atoms with Gasteiger partial charge in [-0.15, -0.1) is 0 Å². The van der Waals surface area contributed by atoms with Gasteiger partial charge in [-0.1, -0.05) is 19.1 Å². The molecule has 0 aromatic heterocycles. The Morgan fingerprint density at radius 3 is 2.53 bits per heavy atom. The van der Waals surface area contributed by atoms with Crippen LogP contribution in [0.5, 0.6) is 0 Å². The molecule has 3 heteroatoms. The summed E-state index contributed by atoms with van der Waals surface area (Å²) in [4.78, 5) is 11.6. The summed E-state index contributed by atoms with van der Waals surface area (Å²) in [6.45, 7) is 8.65. The largest absolute Gasteiger partial charge is 0.396 e. The van der Waals surface area contributed by atoms with Crippen molar-refractivity contribution >= 4 is 12.0 Å². The molecule has 0 heterocycles. The number of carbonyl (C=O) groups is 1. The number of benzene rings is 1. The molecule has 1 unspecified atom stereocenters. The van der Waals surface area contributed by atoms with Crippen LogP contribution in [-0.2, 0) is 4.79 Å². The Kier molecular flexibility index (Phi) is 5.77. The molecule has 104 valence electrons. The first-order chi connectivity index (χ1) is 8.93. The highest BCUT2D eigenvalue weighted by molar-refractivity contribution is 5.91. The smallest absolute Gasteiger partial charge is 0.244 e. The lowest BCUT2D eigenvalue weighted by Gasteiger charge is -2.08. The number of amides is 1. The van der Waals surface area contributed by atoms with Crippen LogP contribution in [0.1, 0.15) is 29.2 Å². The van der Waals surface area contributed by atoms with Crippen molar-refractivity contribution in [1.29, 1.82) is 0 Å². The van der Waals surface area contributed by atoms with Crippen molar-refractivity contribution in [3.8, 4) is 0 Å². The fraction of sp³-hybridized carbons (Fsp3) is 0.438. The summed E-state index contributed by atoms with van der Waals surface area (Å²) in [7, 11) is 0. The molecule has 0 bridgehead atoms. The minimum atomic E-state index is -0.127. The second-order valence-electron chi connectivity index (χ2n) is 5.16. The van der Waals surface area contributed by atoms with E-state index in [0.717, 1.165) is 11.1 Å². The maximum Gasteiger partial charge on any atom is 0.244 e. The van der Waals surface area contributed by atoms with E-state index in [0.29, 0.717) is 6.54 Å². The highest BCUT2D eigenvalue weighted by atomic mass is 16.3. The molecule has 0 aliphatic rings. The Bertz CT molecular complexity index is 478. The van der Waals surface area contributed by atoms with Crippen molar-refractivity contribution in [3.63, 3.8) is 0 Å². The van der Waals surface area contributed by atoms with Gasteiger partial charge in [0.2, 0.25) is 5.91 Å². The van der Waals surface area contributed by atoms with Crippen molar-refractivity contribution in [2.24, 2.45) is 5.92 Å². The molecule has 0 spiro atoms. The lowest BCUT2D eigenvalue weighted by molar-refractivity contribution is -0.116. The van der Waals surface area contributed by atoms with Crippen LogP contribution in [0.3, 0.4) is 0 Å². The first-order valence-electron chi connectivity index (χ1n) is 6.58. The molecule has 2 N–H and O–H groups in total. The normalized spacial score (nSPS) is 12.7. The molecule has 0 aliphatic heterocycles. The number of hydrogen-bond donors (Lipinski definition) is 2. The van der Waals surface area contributed by atoms with Crippen molar-refractivity contribution in [3.05, 3.63) is 40.5 Å². The van der Waals surface area contributed by atoms with Crippen LogP contribution < -0.4 is 5.32 Å². The summed E-state index contributed by atoms with van der Waals surface area (Å²) < 4.78 is 0. The number of hydrogen-bond acceptors (Lipinski definition) is 2. The zero-order valence-corrected chi connectivity index (χ0v) is 12.2. The molecule has 1 atom stereocenters. The average molecular weight is 261 g/mol. The summed E-state index contributed by atoms with van der Waals surface area (Å²) in [5.74, 6) is -0.0429. The van der Waals surface area contributed by atoms with Gasteiger partial charge in [-0.05, 0) is 55.0 Å². The van der Waals surface area contributed by atoms with Gasteiger partial charge in [0, 0.05) is 19.2 Å². The zero-order chi connectivity index (χ0) is 14.4. The van der Waals surface area contributed by atoms with Gasteiger partial charge in [-0.3, -0.25) is 4.79 Å². The van der Waals surface area contributed by atoms with Gasteiger partial charge in [-0.2, -0.15) is 0 Å². The average Bonchev–Trinajstić information content (AvgIpc) is 2.38. The number of aliphatic hydroxyl groups is 1. The van der Waals surface area contributed by atoms with Crippen LogP contribution in [0.2, 0.25) is 0 Å². The summed E-state index contributed by atoms with van der Waals surface area (Å²) in [6.07, 6.45) is 3.38. The van der Waals surface area contributed by atoms with E-state index in [2.05, 4.69) is 31.3 Å². The monoisotopic (exact) mass is 261 g/mol. The molecule has 1 aromatic rings. The van der Waals surface area contributed by atoms with E-state index >= 15 is 0 Å². The summed E-state index contributed by atoms with van der Waals surface area (Å²) in [5.41, 5.74) is 4.71. The Balaban J connectivity index is 2.66. The zero-order valence-electron chi connectivity index (χ0n) is 12.2. The van der Waals surface area contributed by atoms with Gasteiger partial charge < -0.3 is 10.4 Å². The summed E-state index contributed by atoms with van der Waals surface area (Å²) in [5, 5.41) is 11.6. The Hall–Kier alpha value is -1.61. The van der Waals surface area contributed by atoms with Crippen LogP contribution in [-0.4, -0.2) is 24.2 Å². The van der Waals surface area contributed by atoms with Crippen molar-refractivity contribution in [2.75, 3.05) is 13.2 Å². The Morgan fingerprint density at radius 2 is 1.89 bits per heavy atom. The summed E-state index contributed by atoms with van der Waals surface area (Å²) in [6, 6.07) is 4.21. The van der Waals surface area contributed by atoms with Gasteiger partial charge in [0.1, 0.15) is 0 Å². The highest BCUT2D eigenvalue weighted by Crippen LogP contribution is 2.16. The van der Waals surface area contributed by atoms with Gasteiger partial charge in [0.05, 0.1) is 0 Å². The van der Waals surface area contributed by atoms with E-state index in [-0.39, 0.29) is 18.4 Å². The molecule has 0 fully saturated rings. The fourth-order valence-electron chi connectivity index (χ4n) is 1.73. The quantitative estimate of drug-likeness (QED) is 0.799. The molecular formula is C16H23NO2. The van der Waals surface area contributed by atoms with Gasteiger partial charge in [-0.25, -0.2) is 0 Å². The van der Waals surface area contributed by atoms with E-state index in [1.807, 2.05) is 19.9 Å². The van der Waals surface area contributed by atoms with Crippen LogP contribution in [0.25, 0.3) is 6.08 Å². The number of aliphatic hydroxyl groups excluding tert-OH is 1. The minimum absolute atomic E-state index is 0.0836. The lowest BCUT2D eigenvalue weighted by atomic mass is 10.0. The topological polar surface area (TPSA) is 49.3 Å². The first-order valence-corrected chi connectivity index (χ1v) is 6.58. The second kappa shape index (κ2) is 7.10. The van der Waals surface area contributed by atoms with Crippen molar-refractivity contribution < 1.29 is 9.90 Å². The third kappa shape index (κ3) is 4.87. The first kappa shape index (κ1) is 15.4. The van der Waals surface area contributed by atoms with Crippen molar-refractivity contribution in [1.82, 2.24) is 5.32 Å². The molecule has 19 heavy (non-hydrogen) atoms. The van der Waals surface area contributed by atoms with E-state index in [1.54, 1.807) is 6.08 Å². The van der Waals surface area contributed by atoms with Crippen LogP contribution in [0, 0.1) is 26.7 Å². The molecule has 0 aliphatic carbocycles. The number of rotatable bonds is 5. The SMILES string of the molecule is Cc1cc(C)c(/C=C/C(=O)NCC(C)CO)cc1C. The van der Waals surface area contributed by atoms with Crippen LogP contribution in [0.15, 0.2) is 18.2 Å². The highest BCUT2D eigenvalue weighted by Gasteiger charge is 2.02. The lowest BCUT2D eigenvalue weighted by Crippen LogP contribution is -2.27. The molecule has 0 radical (unpaired) electrons. The molecule has 0 saturated heterocycles. The van der Waals surface area contributed by atoms with Gasteiger partial charge >= 0.3 is 0 Å². The van der Waals surface area contributed by atoms with E-state index in [9.17, 15) is 4.79 Å². The van der Waals surface area contributed by atoms with Crippen LogP contribution in [0.4, 0.5) is 0 Å². The maximum absolute atomic E-state index is 11.6. The molecule has 3 nitrogen and oxygen atoms in total. The maximum atomic E-state index is 11.6. The predicted octanol–water partition coefficient (Wildman–Crippen LogP) is 2.37. The Morgan fingerprint density at radius 1 is 1.26 bits per heavy atom. The third-order valence-corrected chi connectivity index (χ3v) is 3.23. The van der Waals surface area contributed by atoms with Crippen molar-refractivity contribution in [2.45, 2.75) is 27.7 Å². The minimum Gasteiger partial charge on any atom is -0.396 e. The predicted molar refractivity (Wildman–Crippen MR) is 78.9 cm³/mol.